The summed E-state index contributed by atoms with van der Waals surface area (Å²) >= 11 is 6.25. The zero-order valence-electron chi connectivity index (χ0n) is 3.78. The molecule has 1 aromatic rings. The van der Waals surface area contributed by atoms with Gasteiger partial charge in [-0.25, -0.2) is 4.98 Å². The van der Waals surface area contributed by atoms with E-state index in [0.29, 0.717) is 15.2 Å². The van der Waals surface area contributed by atoms with Gasteiger partial charge in [0.1, 0.15) is 4.60 Å². The molecule has 0 atom stereocenters. The molecule has 44 valence electrons. The van der Waals surface area contributed by atoms with Crippen LogP contribution in [-0.4, -0.2) is 9.97 Å². The summed E-state index contributed by atoms with van der Waals surface area (Å²) < 4.78 is 1.35. The number of halogens is 2. The van der Waals surface area contributed by atoms with E-state index in [0.717, 1.165) is 0 Å². The number of anilines is 1. The molecule has 5 heteroatoms. The van der Waals surface area contributed by atoms with Gasteiger partial charge in [-0.2, -0.15) is 0 Å². The molecule has 1 rings (SSSR count). The van der Waals surface area contributed by atoms with Crippen molar-refractivity contribution in [3.8, 4) is 0 Å². The molecule has 0 radical (unpaired) electrons. The van der Waals surface area contributed by atoms with E-state index in [-0.39, 0.29) is 0 Å². The highest BCUT2D eigenvalue weighted by Crippen LogP contribution is 2.17. The third-order valence-electron chi connectivity index (χ3n) is 0.656. The standard InChI is InChI=1S/C3H3Br2N3/c4-1-2(6)8-3(5)7-1/h6H2,(H,7,8). The molecule has 0 amide bonds. The van der Waals surface area contributed by atoms with Gasteiger partial charge in [0.15, 0.2) is 10.6 Å². The topological polar surface area (TPSA) is 54.7 Å². The lowest BCUT2D eigenvalue weighted by Gasteiger charge is -1.77. The number of aromatic amines is 1. The van der Waals surface area contributed by atoms with Gasteiger partial charge in [-0.3, -0.25) is 0 Å². The van der Waals surface area contributed by atoms with Crippen molar-refractivity contribution >= 4 is 37.7 Å². The van der Waals surface area contributed by atoms with Crippen LogP contribution in [0.25, 0.3) is 0 Å². The largest absolute Gasteiger partial charge is 0.381 e. The number of H-pyrrole nitrogens is 1. The number of nitrogens with zero attached hydrogens (tertiary/aromatic N) is 1. The van der Waals surface area contributed by atoms with Gasteiger partial charge in [-0.1, -0.05) is 0 Å². The molecule has 0 fully saturated rings. The van der Waals surface area contributed by atoms with Crippen LogP contribution in [0.1, 0.15) is 0 Å². The SMILES string of the molecule is Nc1nc(Br)[nH]c1Br. The molecule has 0 aliphatic carbocycles. The Morgan fingerprint density at radius 1 is 1.50 bits per heavy atom. The number of hydrogen-bond acceptors (Lipinski definition) is 2. The number of hydrogen-bond donors (Lipinski definition) is 2. The maximum absolute atomic E-state index is 5.32. The number of nitrogens with two attached hydrogens (primary N) is 1. The number of aromatic nitrogens is 2. The molecule has 0 aromatic carbocycles. The van der Waals surface area contributed by atoms with Gasteiger partial charge in [0.25, 0.3) is 0 Å². The molecule has 0 spiro atoms. The van der Waals surface area contributed by atoms with Gasteiger partial charge < -0.3 is 10.7 Å². The van der Waals surface area contributed by atoms with E-state index in [9.17, 15) is 0 Å². The van der Waals surface area contributed by atoms with Crippen LogP contribution < -0.4 is 5.73 Å². The average Bonchev–Trinajstić information content (AvgIpc) is 1.85. The third-order valence-corrected chi connectivity index (χ3v) is 1.64. The first-order chi connectivity index (χ1) is 3.70. The Bertz CT molecular complexity index is 175. The molecular formula is C3H3Br2N3. The molecule has 0 saturated heterocycles. The van der Waals surface area contributed by atoms with E-state index in [1.807, 2.05) is 0 Å². The Hall–Kier alpha value is -0.0300. The van der Waals surface area contributed by atoms with Crippen molar-refractivity contribution in [3.63, 3.8) is 0 Å². The van der Waals surface area contributed by atoms with Crippen LogP contribution in [-0.2, 0) is 0 Å². The minimum absolute atomic E-state index is 0.469. The number of imidazole rings is 1. The Labute approximate surface area is 62.9 Å². The Kier molecular flexibility index (Phi) is 1.57. The molecule has 0 aliphatic rings. The van der Waals surface area contributed by atoms with Crippen LogP contribution in [0.2, 0.25) is 0 Å². The first-order valence-corrected chi connectivity index (χ1v) is 3.45. The van der Waals surface area contributed by atoms with Crippen molar-refractivity contribution in [3.05, 3.63) is 9.34 Å². The van der Waals surface area contributed by atoms with Gasteiger partial charge in [0, 0.05) is 0 Å². The van der Waals surface area contributed by atoms with Gasteiger partial charge in [-0.15, -0.1) is 0 Å². The second-order valence-corrected chi connectivity index (χ2v) is 2.77. The predicted molar refractivity (Wildman–Crippen MR) is 38.4 cm³/mol. The molecule has 1 heterocycles. The summed E-state index contributed by atoms with van der Waals surface area (Å²) in [5, 5.41) is 0. The number of nitrogen functional groups attached to an aromatic ring is 1. The van der Waals surface area contributed by atoms with E-state index in [2.05, 4.69) is 41.8 Å². The quantitative estimate of drug-likeness (QED) is 0.723. The van der Waals surface area contributed by atoms with Crippen LogP contribution >= 0.6 is 31.9 Å². The summed E-state index contributed by atoms with van der Waals surface area (Å²) in [6.45, 7) is 0. The molecule has 1 aromatic heterocycles. The second-order valence-electron chi connectivity index (χ2n) is 1.23. The fraction of sp³-hybridized carbons (Fsp3) is 0. The summed E-state index contributed by atoms with van der Waals surface area (Å²) in [5.74, 6) is 0.469. The maximum atomic E-state index is 5.32. The Balaban J connectivity index is 3.14. The first kappa shape index (κ1) is 6.10. The summed E-state index contributed by atoms with van der Waals surface area (Å²) in [6, 6.07) is 0. The highest BCUT2D eigenvalue weighted by molar-refractivity contribution is 9.11. The van der Waals surface area contributed by atoms with Crippen molar-refractivity contribution in [1.29, 1.82) is 0 Å². The normalized spacial score (nSPS) is 9.75. The van der Waals surface area contributed by atoms with E-state index in [1.54, 1.807) is 0 Å². The summed E-state index contributed by atoms with van der Waals surface area (Å²) in [7, 11) is 0. The molecule has 0 aliphatic heterocycles. The van der Waals surface area contributed by atoms with Crippen LogP contribution in [0.15, 0.2) is 9.34 Å². The maximum Gasteiger partial charge on any atom is 0.177 e. The molecule has 0 unspecified atom stereocenters. The van der Waals surface area contributed by atoms with Crippen LogP contribution in [0.4, 0.5) is 5.82 Å². The fourth-order valence-electron chi connectivity index (χ4n) is 0.337. The highest BCUT2D eigenvalue weighted by Gasteiger charge is 1.98. The average molecular weight is 241 g/mol. The minimum Gasteiger partial charge on any atom is -0.381 e. The zero-order valence-corrected chi connectivity index (χ0v) is 6.95. The molecule has 3 nitrogen and oxygen atoms in total. The van der Waals surface area contributed by atoms with Crippen molar-refractivity contribution in [2.24, 2.45) is 0 Å². The minimum atomic E-state index is 0.469. The second kappa shape index (κ2) is 2.06. The molecule has 3 N–H and O–H groups in total. The first-order valence-electron chi connectivity index (χ1n) is 1.86. The predicted octanol–water partition coefficient (Wildman–Crippen LogP) is 1.52. The van der Waals surface area contributed by atoms with Gasteiger partial charge >= 0.3 is 0 Å². The third kappa shape index (κ3) is 1.03. The smallest absolute Gasteiger partial charge is 0.177 e. The van der Waals surface area contributed by atoms with Gasteiger partial charge in [-0.05, 0) is 31.9 Å². The van der Waals surface area contributed by atoms with Crippen molar-refractivity contribution in [2.45, 2.75) is 0 Å². The summed E-state index contributed by atoms with van der Waals surface area (Å²) in [6.07, 6.45) is 0. The van der Waals surface area contributed by atoms with Crippen molar-refractivity contribution in [2.75, 3.05) is 5.73 Å². The summed E-state index contributed by atoms with van der Waals surface area (Å²) in [4.78, 5) is 6.61. The molecule has 8 heavy (non-hydrogen) atoms. The monoisotopic (exact) mass is 239 g/mol. The molecular weight excluding hydrogens is 238 g/mol. The van der Waals surface area contributed by atoms with Gasteiger partial charge in [0.05, 0.1) is 0 Å². The van der Waals surface area contributed by atoms with E-state index < -0.39 is 0 Å². The zero-order chi connectivity index (χ0) is 6.15. The fourth-order valence-corrected chi connectivity index (χ4v) is 1.27. The number of rotatable bonds is 0. The highest BCUT2D eigenvalue weighted by atomic mass is 79.9. The lowest BCUT2D eigenvalue weighted by atomic mass is 10.8. The van der Waals surface area contributed by atoms with E-state index in [4.69, 9.17) is 5.73 Å². The van der Waals surface area contributed by atoms with E-state index >= 15 is 0 Å². The van der Waals surface area contributed by atoms with Crippen molar-refractivity contribution < 1.29 is 0 Å². The van der Waals surface area contributed by atoms with Crippen LogP contribution in [0.3, 0.4) is 0 Å². The lowest BCUT2D eigenvalue weighted by Crippen LogP contribution is -1.82. The lowest BCUT2D eigenvalue weighted by molar-refractivity contribution is 1.23. The summed E-state index contributed by atoms with van der Waals surface area (Å²) in [5.41, 5.74) is 5.32. The molecule has 0 bridgehead atoms. The Morgan fingerprint density at radius 2 is 2.12 bits per heavy atom. The molecule has 0 saturated carbocycles. The van der Waals surface area contributed by atoms with E-state index in [1.165, 1.54) is 0 Å². The Morgan fingerprint density at radius 3 is 2.25 bits per heavy atom. The van der Waals surface area contributed by atoms with Crippen LogP contribution in [0, 0.1) is 0 Å². The number of nitrogens with one attached hydrogen (secondary N) is 1. The van der Waals surface area contributed by atoms with Gasteiger partial charge in [0.2, 0.25) is 0 Å². The van der Waals surface area contributed by atoms with Crippen molar-refractivity contribution in [1.82, 2.24) is 9.97 Å². The van der Waals surface area contributed by atoms with Crippen LogP contribution in [0.5, 0.6) is 0 Å².